The Morgan fingerprint density at radius 3 is 2.13 bits per heavy atom. The third-order valence-corrected chi connectivity index (χ3v) is 4.94. The number of likely N-dealkylation sites (N-methyl/N-ethyl adjacent to an activating group) is 1. The summed E-state index contributed by atoms with van der Waals surface area (Å²) < 4.78 is 27.4. The lowest BCUT2D eigenvalue weighted by Gasteiger charge is -2.44. The Kier molecular flexibility index (Phi) is 7.79. The maximum Gasteiger partial charge on any atom is 0.328 e. The summed E-state index contributed by atoms with van der Waals surface area (Å²) in [6.07, 6.45) is 1.60. The third kappa shape index (κ3) is 5.95. The van der Waals surface area contributed by atoms with Crippen LogP contribution in [-0.2, 0) is 15.2 Å². The number of aliphatic hydroxyl groups is 1. The molecule has 6 nitrogen and oxygen atoms in total. The van der Waals surface area contributed by atoms with Crippen molar-refractivity contribution in [2.24, 2.45) is 0 Å². The van der Waals surface area contributed by atoms with E-state index in [-0.39, 0.29) is 11.6 Å². The fourth-order valence-corrected chi connectivity index (χ4v) is 3.43. The lowest BCUT2D eigenvalue weighted by Crippen LogP contribution is -2.47. The van der Waals surface area contributed by atoms with Gasteiger partial charge < -0.3 is 20.2 Å². The average Bonchev–Trinajstić information content (AvgIpc) is 2.70. The highest BCUT2D eigenvalue weighted by molar-refractivity contribution is 5.89. The molecule has 160 valence electrons. The van der Waals surface area contributed by atoms with E-state index in [1.54, 1.807) is 30.3 Å². The van der Waals surface area contributed by atoms with Gasteiger partial charge in [0.1, 0.15) is 11.6 Å². The van der Waals surface area contributed by atoms with Crippen LogP contribution < -0.4 is 0 Å². The molecule has 2 aromatic carbocycles. The number of halogens is 2. The summed E-state index contributed by atoms with van der Waals surface area (Å²) in [6, 6.07) is 12.4. The van der Waals surface area contributed by atoms with E-state index in [4.69, 9.17) is 10.2 Å². The van der Waals surface area contributed by atoms with Crippen molar-refractivity contribution >= 4 is 11.9 Å². The number of carbonyl (C=O) groups is 2. The molecule has 0 saturated carbocycles. The fraction of sp³-hybridized carbons (Fsp3) is 0.273. The van der Waals surface area contributed by atoms with Crippen molar-refractivity contribution in [2.45, 2.75) is 17.9 Å². The van der Waals surface area contributed by atoms with E-state index in [1.165, 1.54) is 18.2 Å². The molecular weight excluding hydrogens is 396 g/mol. The second-order valence-corrected chi connectivity index (χ2v) is 7.03. The zero-order valence-corrected chi connectivity index (χ0v) is 16.3. The minimum absolute atomic E-state index is 0.316. The molecule has 1 aliphatic rings. The maximum absolute atomic E-state index is 14.2. The zero-order valence-electron chi connectivity index (χ0n) is 16.3. The van der Waals surface area contributed by atoms with Gasteiger partial charge in [0.2, 0.25) is 0 Å². The summed E-state index contributed by atoms with van der Waals surface area (Å²) in [6.45, 7) is 1.26. The summed E-state index contributed by atoms with van der Waals surface area (Å²) in [5.74, 6) is -3.57. The molecule has 0 aromatic heterocycles. The molecule has 1 saturated heterocycles. The molecule has 0 unspecified atom stereocenters. The lowest BCUT2D eigenvalue weighted by molar-refractivity contribution is -0.134. The SMILES string of the molecule is CN1CC[C@](O)(c2ccc(F)cc2)[C@@H](c2ccccc2F)C1.O=C(O)/C=C\C(=O)O. The Labute approximate surface area is 172 Å². The standard InChI is InChI=1S/C18H19F2NO.C4H4O4/c1-21-11-10-18(22,13-6-8-14(19)9-7-13)16(12-21)15-4-2-3-5-17(15)20;5-3(6)1-2-4(7)8/h2-9,16,22H,10-12H2,1H3;1-2H,(H,5,6)(H,7,8)/b;2-1-/t16-,18+;/m1./s1. The van der Waals surface area contributed by atoms with Gasteiger partial charge in [0.15, 0.2) is 0 Å². The highest BCUT2D eigenvalue weighted by Gasteiger charge is 2.43. The van der Waals surface area contributed by atoms with Crippen LogP contribution >= 0.6 is 0 Å². The predicted molar refractivity (Wildman–Crippen MR) is 106 cm³/mol. The van der Waals surface area contributed by atoms with Gasteiger partial charge in [-0.25, -0.2) is 18.4 Å². The highest BCUT2D eigenvalue weighted by atomic mass is 19.1. The van der Waals surface area contributed by atoms with Gasteiger partial charge in [-0.15, -0.1) is 0 Å². The van der Waals surface area contributed by atoms with Crippen molar-refractivity contribution in [3.05, 3.63) is 83.4 Å². The minimum atomic E-state index is -1.26. The second kappa shape index (κ2) is 10.1. The van der Waals surface area contributed by atoms with Crippen molar-refractivity contribution < 1.29 is 33.7 Å². The van der Waals surface area contributed by atoms with Gasteiger partial charge in [0.05, 0.1) is 5.60 Å². The molecule has 1 heterocycles. The van der Waals surface area contributed by atoms with E-state index < -0.39 is 23.5 Å². The number of rotatable bonds is 4. The smallest absolute Gasteiger partial charge is 0.328 e. The van der Waals surface area contributed by atoms with Crippen molar-refractivity contribution in [3.63, 3.8) is 0 Å². The van der Waals surface area contributed by atoms with Crippen LogP contribution in [0.1, 0.15) is 23.5 Å². The number of carboxylic acid groups (broad SMARTS) is 2. The van der Waals surface area contributed by atoms with Crippen LogP contribution in [0.5, 0.6) is 0 Å². The van der Waals surface area contributed by atoms with Gasteiger partial charge in [-0.1, -0.05) is 30.3 Å². The molecule has 0 spiro atoms. The van der Waals surface area contributed by atoms with Crippen molar-refractivity contribution in [1.29, 1.82) is 0 Å². The molecule has 0 bridgehead atoms. The van der Waals surface area contributed by atoms with Crippen LogP contribution in [0.15, 0.2) is 60.7 Å². The zero-order chi connectivity index (χ0) is 22.3. The van der Waals surface area contributed by atoms with E-state index in [2.05, 4.69) is 4.90 Å². The van der Waals surface area contributed by atoms with Gasteiger partial charge in [-0.05, 0) is 42.8 Å². The van der Waals surface area contributed by atoms with Crippen molar-refractivity contribution in [1.82, 2.24) is 4.90 Å². The number of aliphatic carboxylic acids is 2. The minimum Gasteiger partial charge on any atom is -0.478 e. The number of benzene rings is 2. The fourth-order valence-electron chi connectivity index (χ4n) is 3.43. The Hall–Kier alpha value is -3.10. The summed E-state index contributed by atoms with van der Waals surface area (Å²) in [4.78, 5) is 21.2. The first-order valence-electron chi connectivity index (χ1n) is 9.19. The summed E-state index contributed by atoms with van der Waals surface area (Å²) >= 11 is 0. The Morgan fingerprint density at radius 2 is 1.60 bits per heavy atom. The maximum atomic E-state index is 14.2. The van der Waals surface area contributed by atoms with E-state index in [0.717, 1.165) is 0 Å². The lowest BCUT2D eigenvalue weighted by atomic mass is 9.72. The van der Waals surface area contributed by atoms with E-state index in [9.17, 15) is 23.5 Å². The topological polar surface area (TPSA) is 98.1 Å². The number of likely N-dealkylation sites (tertiary alicyclic amines) is 1. The first kappa shape index (κ1) is 23.2. The van der Waals surface area contributed by atoms with Gasteiger partial charge in [0, 0.05) is 31.2 Å². The Morgan fingerprint density at radius 1 is 1.03 bits per heavy atom. The molecule has 1 fully saturated rings. The number of carboxylic acids is 2. The van der Waals surface area contributed by atoms with Gasteiger partial charge >= 0.3 is 11.9 Å². The van der Waals surface area contributed by atoms with Crippen molar-refractivity contribution in [3.8, 4) is 0 Å². The molecule has 30 heavy (non-hydrogen) atoms. The number of hydrogen-bond acceptors (Lipinski definition) is 4. The van der Waals surface area contributed by atoms with Gasteiger partial charge in [0.25, 0.3) is 0 Å². The number of hydrogen-bond donors (Lipinski definition) is 3. The van der Waals surface area contributed by atoms with Gasteiger partial charge in [-0.3, -0.25) is 0 Å². The predicted octanol–water partition coefficient (Wildman–Crippen LogP) is 2.98. The normalized spacial score (nSPS) is 21.7. The van der Waals surface area contributed by atoms with E-state index in [0.29, 0.717) is 42.8 Å². The number of nitrogens with zero attached hydrogens (tertiary/aromatic N) is 1. The second-order valence-electron chi connectivity index (χ2n) is 7.03. The van der Waals surface area contributed by atoms with Crippen LogP contribution in [0.2, 0.25) is 0 Å². The molecule has 2 aromatic rings. The number of piperidine rings is 1. The molecule has 0 radical (unpaired) electrons. The molecular formula is C22H23F2NO5. The summed E-state index contributed by atoms with van der Waals surface area (Å²) in [5.41, 5.74) is -0.0568. The van der Waals surface area contributed by atoms with E-state index in [1.807, 2.05) is 7.05 Å². The Balaban J connectivity index is 0.000000343. The molecule has 8 heteroatoms. The largest absolute Gasteiger partial charge is 0.478 e. The van der Waals surface area contributed by atoms with Crippen LogP contribution in [-0.4, -0.2) is 52.3 Å². The van der Waals surface area contributed by atoms with Gasteiger partial charge in [-0.2, -0.15) is 0 Å². The molecule has 0 amide bonds. The highest BCUT2D eigenvalue weighted by Crippen LogP contribution is 2.43. The first-order chi connectivity index (χ1) is 14.1. The quantitative estimate of drug-likeness (QED) is 0.659. The molecule has 3 rings (SSSR count). The van der Waals surface area contributed by atoms with Crippen LogP contribution in [0.4, 0.5) is 8.78 Å². The third-order valence-electron chi connectivity index (χ3n) is 4.94. The molecule has 1 aliphatic heterocycles. The molecule has 2 atom stereocenters. The Bertz CT molecular complexity index is 900. The monoisotopic (exact) mass is 419 g/mol. The molecule has 3 N–H and O–H groups in total. The average molecular weight is 419 g/mol. The summed E-state index contributed by atoms with van der Waals surface area (Å²) in [7, 11) is 1.96. The van der Waals surface area contributed by atoms with Crippen LogP contribution in [0, 0.1) is 11.6 Å². The van der Waals surface area contributed by atoms with E-state index >= 15 is 0 Å². The first-order valence-corrected chi connectivity index (χ1v) is 9.19. The summed E-state index contributed by atoms with van der Waals surface area (Å²) in [5, 5.41) is 26.9. The van der Waals surface area contributed by atoms with Crippen LogP contribution in [0.3, 0.4) is 0 Å². The van der Waals surface area contributed by atoms with Crippen molar-refractivity contribution in [2.75, 3.05) is 20.1 Å². The van der Waals surface area contributed by atoms with Crippen LogP contribution in [0.25, 0.3) is 0 Å². The molecule has 0 aliphatic carbocycles.